The van der Waals surface area contributed by atoms with Gasteiger partial charge in [-0.15, -0.1) is 0 Å². The quantitative estimate of drug-likeness (QED) is 0.0195. The van der Waals surface area contributed by atoms with Crippen molar-refractivity contribution >= 4 is 19.8 Å². The zero-order valence-electron chi connectivity index (χ0n) is 58.0. The van der Waals surface area contributed by atoms with Crippen LogP contribution in [0.15, 0.2) is 36.5 Å². The number of ether oxygens (including phenoxy) is 2. The van der Waals surface area contributed by atoms with E-state index in [4.69, 9.17) is 18.5 Å². The number of quaternary nitrogens is 1. The molecule has 0 aliphatic heterocycles. The number of phosphoric ester groups is 1. The molecule has 2 unspecified atom stereocenters. The summed E-state index contributed by atoms with van der Waals surface area (Å²) < 4.78 is 34.3. The second-order valence-corrected chi connectivity index (χ2v) is 28.4. The summed E-state index contributed by atoms with van der Waals surface area (Å²) in [6.07, 6.45) is 86.9. The average Bonchev–Trinajstić information content (AvgIpc) is 3.56. The monoisotopic (exact) mass is 1230 g/mol. The number of hydrogen-bond donors (Lipinski definition) is 0. The molecule has 0 bridgehead atoms. The highest BCUT2D eigenvalue weighted by atomic mass is 31.2. The molecule has 0 aromatic carbocycles. The van der Waals surface area contributed by atoms with E-state index in [9.17, 15) is 19.0 Å². The first-order chi connectivity index (χ1) is 42.0. The van der Waals surface area contributed by atoms with Crippen molar-refractivity contribution in [3.05, 3.63) is 36.5 Å². The van der Waals surface area contributed by atoms with Gasteiger partial charge in [0.1, 0.15) is 19.8 Å². The molecular formula is C76H146NO8P. The predicted molar refractivity (Wildman–Crippen MR) is 370 cm³/mol. The molecule has 0 saturated heterocycles. The largest absolute Gasteiger partial charge is 0.756 e. The van der Waals surface area contributed by atoms with Gasteiger partial charge in [-0.3, -0.25) is 14.2 Å². The number of esters is 2. The summed E-state index contributed by atoms with van der Waals surface area (Å²) in [7, 11) is 1.18. The molecule has 0 amide bonds. The van der Waals surface area contributed by atoms with E-state index in [-0.39, 0.29) is 32.0 Å². The van der Waals surface area contributed by atoms with Crippen molar-refractivity contribution in [1.29, 1.82) is 0 Å². The minimum Gasteiger partial charge on any atom is -0.756 e. The summed E-state index contributed by atoms with van der Waals surface area (Å²) in [5, 5.41) is 0. The Bertz CT molecular complexity index is 1540. The molecule has 0 heterocycles. The Morgan fingerprint density at radius 1 is 0.360 bits per heavy atom. The zero-order valence-corrected chi connectivity index (χ0v) is 58.9. The van der Waals surface area contributed by atoms with Gasteiger partial charge in [0, 0.05) is 12.8 Å². The lowest BCUT2D eigenvalue weighted by Gasteiger charge is -2.28. The second-order valence-electron chi connectivity index (χ2n) is 27.0. The molecule has 10 heteroatoms. The lowest BCUT2D eigenvalue weighted by atomic mass is 10.0. The Morgan fingerprint density at radius 3 is 0.930 bits per heavy atom. The normalized spacial score (nSPS) is 13.2. The number of nitrogens with zero attached hydrogens (tertiary/aromatic N) is 1. The van der Waals surface area contributed by atoms with E-state index in [1.54, 1.807) is 0 Å². The van der Waals surface area contributed by atoms with Crippen molar-refractivity contribution in [2.75, 3.05) is 47.5 Å². The van der Waals surface area contributed by atoms with Crippen LogP contribution in [0.5, 0.6) is 0 Å². The minimum atomic E-state index is -4.64. The van der Waals surface area contributed by atoms with Crippen LogP contribution in [0.1, 0.15) is 386 Å². The lowest BCUT2D eigenvalue weighted by Crippen LogP contribution is -2.37. The summed E-state index contributed by atoms with van der Waals surface area (Å²) >= 11 is 0. The van der Waals surface area contributed by atoms with E-state index >= 15 is 0 Å². The zero-order chi connectivity index (χ0) is 62.6. The number of likely N-dealkylation sites (N-methyl/N-ethyl adjacent to an activating group) is 1. The van der Waals surface area contributed by atoms with Crippen LogP contribution in [-0.2, 0) is 32.7 Å². The third kappa shape index (κ3) is 71.3. The maximum Gasteiger partial charge on any atom is 0.306 e. The fourth-order valence-corrected chi connectivity index (χ4v) is 12.1. The number of unbranched alkanes of at least 4 members (excludes halogenated alkanes) is 51. The van der Waals surface area contributed by atoms with Crippen molar-refractivity contribution in [3.63, 3.8) is 0 Å². The molecule has 0 fully saturated rings. The third-order valence-electron chi connectivity index (χ3n) is 17.1. The standard InChI is InChI=1S/C76H146NO8P/c1-6-8-10-12-14-16-18-20-22-24-26-28-30-31-32-33-34-35-36-37-38-39-40-41-42-43-44-45-47-48-50-52-54-56-58-60-62-64-66-68-75(78)82-72-74(73-84-86(80,81)83-71-70-77(3,4)5)85-76(79)69-67-65-63-61-59-57-55-53-51-49-46-29-27-25-23-21-19-17-15-13-11-9-7-2/h19,21,24-27,74H,6-18,20,22-23,28-73H2,1-5H3/b21-19-,26-24-,27-25-. The Hall–Kier alpha value is -1.77. The number of hydrogen-bond acceptors (Lipinski definition) is 8. The van der Waals surface area contributed by atoms with Crippen LogP contribution in [0.25, 0.3) is 0 Å². The molecule has 0 radical (unpaired) electrons. The van der Waals surface area contributed by atoms with Crippen molar-refractivity contribution < 1.29 is 42.1 Å². The molecule has 0 spiro atoms. The van der Waals surface area contributed by atoms with Gasteiger partial charge in [0.05, 0.1) is 27.7 Å². The van der Waals surface area contributed by atoms with Gasteiger partial charge in [-0.1, -0.05) is 339 Å². The molecule has 0 aromatic rings. The van der Waals surface area contributed by atoms with Gasteiger partial charge in [0.25, 0.3) is 7.82 Å². The maximum absolute atomic E-state index is 12.9. The van der Waals surface area contributed by atoms with Crippen LogP contribution in [0.4, 0.5) is 0 Å². The van der Waals surface area contributed by atoms with Crippen LogP contribution < -0.4 is 4.89 Å². The van der Waals surface area contributed by atoms with E-state index in [1.807, 2.05) is 21.1 Å². The molecule has 0 N–H and O–H groups in total. The molecule has 9 nitrogen and oxygen atoms in total. The second kappa shape index (κ2) is 67.6. The van der Waals surface area contributed by atoms with Gasteiger partial charge in [0.15, 0.2) is 6.10 Å². The number of allylic oxidation sites excluding steroid dienone is 6. The predicted octanol–water partition coefficient (Wildman–Crippen LogP) is 24.0. The number of carbonyl (C=O) groups is 2. The summed E-state index contributed by atoms with van der Waals surface area (Å²) in [5.74, 6) is -0.815. The molecule has 0 saturated carbocycles. The van der Waals surface area contributed by atoms with Crippen LogP contribution in [0, 0.1) is 0 Å². The minimum absolute atomic E-state index is 0.0289. The first-order valence-electron chi connectivity index (χ1n) is 37.7. The topological polar surface area (TPSA) is 111 Å². The van der Waals surface area contributed by atoms with Gasteiger partial charge >= 0.3 is 11.9 Å². The summed E-state index contributed by atoms with van der Waals surface area (Å²) in [6.45, 7) is 4.29. The Kier molecular flexibility index (Phi) is 66.2. The summed E-state index contributed by atoms with van der Waals surface area (Å²) in [6, 6.07) is 0. The van der Waals surface area contributed by atoms with Crippen molar-refractivity contribution in [2.45, 2.75) is 392 Å². The number of phosphoric acid groups is 1. The maximum atomic E-state index is 12.9. The van der Waals surface area contributed by atoms with E-state index in [0.29, 0.717) is 17.4 Å². The fraction of sp³-hybridized carbons (Fsp3) is 0.895. The Labute approximate surface area is 535 Å². The molecule has 0 aliphatic rings. The third-order valence-corrected chi connectivity index (χ3v) is 18.1. The van der Waals surface area contributed by atoms with Gasteiger partial charge in [-0.25, -0.2) is 0 Å². The van der Waals surface area contributed by atoms with E-state index in [0.717, 1.165) is 44.9 Å². The van der Waals surface area contributed by atoms with E-state index < -0.39 is 26.5 Å². The first-order valence-corrected chi connectivity index (χ1v) is 39.2. The highest BCUT2D eigenvalue weighted by Crippen LogP contribution is 2.38. The summed E-state index contributed by atoms with van der Waals surface area (Å²) in [5.41, 5.74) is 0. The van der Waals surface area contributed by atoms with Crippen LogP contribution in [-0.4, -0.2) is 70.0 Å². The molecule has 508 valence electrons. The Balaban J connectivity index is 3.89. The van der Waals surface area contributed by atoms with Gasteiger partial charge in [-0.05, 0) is 70.6 Å². The van der Waals surface area contributed by atoms with Gasteiger partial charge in [-0.2, -0.15) is 0 Å². The highest BCUT2D eigenvalue weighted by Gasteiger charge is 2.22. The van der Waals surface area contributed by atoms with Gasteiger partial charge < -0.3 is 27.9 Å². The molecule has 2 atom stereocenters. The van der Waals surface area contributed by atoms with Crippen molar-refractivity contribution in [1.82, 2.24) is 0 Å². The molecular weight excluding hydrogens is 1090 g/mol. The summed E-state index contributed by atoms with van der Waals surface area (Å²) in [4.78, 5) is 38.1. The van der Waals surface area contributed by atoms with Crippen molar-refractivity contribution in [3.8, 4) is 0 Å². The number of carbonyl (C=O) groups excluding carboxylic acids is 2. The molecule has 0 rings (SSSR count). The highest BCUT2D eigenvalue weighted by molar-refractivity contribution is 7.45. The first kappa shape index (κ1) is 84.2. The average molecular weight is 1230 g/mol. The molecule has 86 heavy (non-hydrogen) atoms. The molecule has 0 aliphatic carbocycles. The van der Waals surface area contributed by atoms with Crippen LogP contribution >= 0.6 is 7.82 Å². The van der Waals surface area contributed by atoms with Crippen LogP contribution in [0.2, 0.25) is 0 Å². The fourth-order valence-electron chi connectivity index (χ4n) is 11.3. The van der Waals surface area contributed by atoms with E-state index in [1.165, 1.54) is 308 Å². The number of rotatable bonds is 71. The van der Waals surface area contributed by atoms with Crippen LogP contribution in [0.3, 0.4) is 0 Å². The SMILES string of the molecule is CCCCCCC/C=C\C/C=C\CCCCCCCCCCCCCC(=O)OC(COC(=O)CCCCCCCCCCCCCCCCCCCCCCCCCCCCC/C=C\CCCCCCCCCC)COP(=O)([O-])OCC[N+](C)(C)C. The molecule has 0 aromatic heterocycles. The smallest absolute Gasteiger partial charge is 0.306 e. The Morgan fingerprint density at radius 2 is 0.628 bits per heavy atom. The van der Waals surface area contributed by atoms with Gasteiger partial charge in [0.2, 0.25) is 0 Å². The lowest BCUT2D eigenvalue weighted by molar-refractivity contribution is -0.870. The van der Waals surface area contributed by atoms with Crippen molar-refractivity contribution in [2.24, 2.45) is 0 Å². The van der Waals surface area contributed by atoms with E-state index in [2.05, 4.69) is 50.3 Å².